The second-order valence-corrected chi connectivity index (χ2v) is 5.17. The van der Waals surface area contributed by atoms with E-state index in [1.807, 2.05) is 0 Å². The van der Waals surface area contributed by atoms with E-state index in [0.717, 1.165) is 25.9 Å². The Bertz CT molecular complexity index is 661. The molecule has 1 aliphatic rings. The number of anilines is 2. The predicted molar refractivity (Wildman–Crippen MR) is 82.9 cm³/mol. The molecule has 0 bridgehead atoms. The van der Waals surface area contributed by atoms with Gasteiger partial charge in [-0.25, -0.2) is 4.79 Å². The zero-order valence-corrected chi connectivity index (χ0v) is 12.0. The predicted octanol–water partition coefficient (Wildman–Crippen LogP) is 3.16. The number of hydrogen-bond donors (Lipinski definition) is 2. The Balaban J connectivity index is 1.64. The molecule has 0 aliphatic carbocycles. The number of amides is 3. The van der Waals surface area contributed by atoms with Crippen LogP contribution >= 0.6 is 0 Å². The van der Waals surface area contributed by atoms with Crippen molar-refractivity contribution < 1.29 is 14.0 Å². The van der Waals surface area contributed by atoms with Gasteiger partial charge in [-0.2, -0.15) is 0 Å². The fourth-order valence-electron chi connectivity index (χ4n) is 2.39. The highest BCUT2D eigenvalue weighted by Crippen LogP contribution is 2.18. The second-order valence-electron chi connectivity index (χ2n) is 5.17. The lowest BCUT2D eigenvalue weighted by molar-refractivity contribution is 0.102. The number of carbonyl (C=O) groups is 2. The van der Waals surface area contributed by atoms with Crippen LogP contribution in [0.1, 0.15) is 23.2 Å². The van der Waals surface area contributed by atoms with E-state index in [4.69, 9.17) is 4.42 Å². The SMILES string of the molecule is O=C(Nc1cccc(NC(=O)N2CCCC2)c1)c1ccoc1. The first-order valence-electron chi connectivity index (χ1n) is 7.22. The molecule has 0 unspecified atom stereocenters. The summed E-state index contributed by atoms with van der Waals surface area (Å²) in [4.78, 5) is 25.8. The molecule has 2 aromatic rings. The van der Waals surface area contributed by atoms with Crippen LogP contribution in [0.4, 0.5) is 16.2 Å². The van der Waals surface area contributed by atoms with Gasteiger partial charge in [-0.3, -0.25) is 4.79 Å². The zero-order chi connectivity index (χ0) is 15.4. The van der Waals surface area contributed by atoms with Gasteiger partial charge in [0, 0.05) is 24.5 Å². The highest BCUT2D eigenvalue weighted by atomic mass is 16.3. The maximum absolute atomic E-state index is 12.1. The van der Waals surface area contributed by atoms with Gasteiger partial charge in [0.2, 0.25) is 0 Å². The number of rotatable bonds is 3. The zero-order valence-electron chi connectivity index (χ0n) is 12.0. The molecule has 3 amide bonds. The average Bonchev–Trinajstić information content (AvgIpc) is 3.21. The van der Waals surface area contributed by atoms with Crippen molar-refractivity contribution in [3.05, 3.63) is 48.4 Å². The van der Waals surface area contributed by atoms with Gasteiger partial charge in [-0.05, 0) is 37.1 Å². The topological polar surface area (TPSA) is 74.6 Å². The molecular formula is C16H17N3O3. The van der Waals surface area contributed by atoms with E-state index in [2.05, 4.69) is 10.6 Å². The minimum atomic E-state index is -0.253. The number of furan rings is 1. The minimum Gasteiger partial charge on any atom is -0.472 e. The molecular weight excluding hydrogens is 282 g/mol. The minimum absolute atomic E-state index is 0.101. The first-order chi connectivity index (χ1) is 10.7. The van der Waals surface area contributed by atoms with Crippen molar-refractivity contribution in [1.82, 2.24) is 4.90 Å². The van der Waals surface area contributed by atoms with E-state index in [1.165, 1.54) is 12.5 Å². The normalized spacial score (nSPS) is 13.9. The molecule has 1 aromatic carbocycles. The molecule has 0 radical (unpaired) electrons. The van der Waals surface area contributed by atoms with Crippen LogP contribution in [0.15, 0.2) is 47.3 Å². The van der Waals surface area contributed by atoms with Crippen molar-refractivity contribution in [3.63, 3.8) is 0 Å². The molecule has 3 rings (SSSR count). The van der Waals surface area contributed by atoms with Crippen LogP contribution < -0.4 is 10.6 Å². The Labute approximate surface area is 128 Å². The summed E-state index contributed by atoms with van der Waals surface area (Å²) in [7, 11) is 0. The van der Waals surface area contributed by atoms with Gasteiger partial charge in [0.1, 0.15) is 6.26 Å². The van der Waals surface area contributed by atoms with Gasteiger partial charge in [-0.15, -0.1) is 0 Å². The second kappa shape index (κ2) is 6.34. The lowest BCUT2D eigenvalue weighted by Gasteiger charge is -2.16. The standard InChI is InChI=1S/C16H17N3O3/c20-15(12-6-9-22-11-12)17-13-4-3-5-14(10-13)18-16(21)19-7-1-2-8-19/h3-6,9-11H,1-2,7-8H2,(H,17,20)(H,18,21). The third-order valence-electron chi connectivity index (χ3n) is 3.55. The van der Waals surface area contributed by atoms with E-state index >= 15 is 0 Å². The van der Waals surface area contributed by atoms with Crippen LogP contribution in [0.5, 0.6) is 0 Å². The number of likely N-dealkylation sites (tertiary alicyclic amines) is 1. The molecule has 22 heavy (non-hydrogen) atoms. The highest BCUT2D eigenvalue weighted by Gasteiger charge is 2.17. The smallest absolute Gasteiger partial charge is 0.321 e. The molecule has 2 heterocycles. The number of benzene rings is 1. The molecule has 6 nitrogen and oxygen atoms in total. The van der Waals surface area contributed by atoms with Crippen molar-refractivity contribution in [2.75, 3.05) is 23.7 Å². The summed E-state index contributed by atoms with van der Waals surface area (Å²) in [5, 5.41) is 5.61. The lowest BCUT2D eigenvalue weighted by Crippen LogP contribution is -2.32. The lowest BCUT2D eigenvalue weighted by atomic mass is 10.2. The summed E-state index contributed by atoms with van der Waals surface area (Å²) in [6.45, 7) is 1.59. The largest absolute Gasteiger partial charge is 0.472 e. The van der Waals surface area contributed by atoms with Crippen LogP contribution in [0.25, 0.3) is 0 Å². The number of urea groups is 1. The molecule has 0 atom stereocenters. The van der Waals surface area contributed by atoms with Crippen molar-refractivity contribution in [2.24, 2.45) is 0 Å². The Morgan fingerprint density at radius 1 is 1.05 bits per heavy atom. The van der Waals surface area contributed by atoms with Crippen LogP contribution in [0, 0.1) is 0 Å². The Morgan fingerprint density at radius 2 is 1.77 bits per heavy atom. The van der Waals surface area contributed by atoms with Gasteiger partial charge in [0.05, 0.1) is 11.8 Å². The van der Waals surface area contributed by atoms with Crippen molar-refractivity contribution >= 4 is 23.3 Å². The third-order valence-corrected chi connectivity index (χ3v) is 3.55. The number of hydrogen-bond acceptors (Lipinski definition) is 3. The summed E-state index contributed by atoms with van der Waals surface area (Å²) in [6.07, 6.45) is 4.93. The van der Waals surface area contributed by atoms with Gasteiger partial charge in [0.25, 0.3) is 5.91 Å². The van der Waals surface area contributed by atoms with Crippen LogP contribution in [0.2, 0.25) is 0 Å². The van der Waals surface area contributed by atoms with E-state index in [-0.39, 0.29) is 11.9 Å². The van der Waals surface area contributed by atoms with Crippen molar-refractivity contribution in [1.29, 1.82) is 0 Å². The summed E-state index contributed by atoms with van der Waals surface area (Å²) in [5.74, 6) is -0.253. The summed E-state index contributed by atoms with van der Waals surface area (Å²) in [6, 6.07) is 8.56. The molecule has 1 aromatic heterocycles. The summed E-state index contributed by atoms with van der Waals surface area (Å²) >= 11 is 0. The maximum atomic E-state index is 12.1. The molecule has 1 fully saturated rings. The Hall–Kier alpha value is -2.76. The first-order valence-corrected chi connectivity index (χ1v) is 7.22. The molecule has 6 heteroatoms. The molecule has 2 N–H and O–H groups in total. The molecule has 1 aliphatic heterocycles. The molecule has 1 saturated heterocycles. The van der Waals surface area contributed by atoms with Crippen molar-refractivity contribution in [2.45, 2.75) is 12.8 Å². The van der Waals surface area contributed by atoms with Gasteiger partial charge >= 0.3 is 6.03 Å². The Kier molecular flexibility index (Phi) is 4.09. The van der Waals surface area contributed by atoms with Gasteiger partial charge in [-0.1, -0.05) is 6.07 Å². The molecule has 114 valence electrons. The average molecular weight is 299 g/mol. The summed E-state index contributed by atoms with van der Waals surface area (Å²) in [5.41, 5.74) is 1.72. The van der Waals surface area contributed by atoms with Crippen LogP contribution in [-0.2, 0) is 0 Å². The number of nitrogens with one attached hydrogen (secondary N) is 2. The molecule has 0 saturated carbocycles. The van der Waals surface area contributed by atoms with Crippen LogP contribution in [-0.4, -0.2) is 29.9 Å². The first kappa shape index (κ1) is 14.2. The fourth-order valence-corrected chi connectivity index (χ4v) is 2.39. The van der Waals surface area contributed by atoms with Gasteiger partial charge < -0.3 is 20.0 Å². The number of carbonyl (C=O) groups excluding carboxylic acids is 2. The third kappa shape index (κ3) is 3.28. The van der Waals surface area contributed by atoms with E-state index in [1.54, 1.807) is 35.2 Å². The maximum Gasteiger partial charge on any atom is 0.321 e. The van der Waals surface area contributed by atoms with E-state index < -0.39 is 0 Å². The molecule has 0 spiro atoms. The Morgan fingerprint density at radius 3 is 2.45 bits per heavy atom. The monoisotopic (exact) mass is 299 g/mol. The fraction of sp³-hybridized carbons (Fsp3) is 0.250. The van der Waals surface area contributed by atoms with E-state index in [0.29, 0.717) is 16.9 Å². The van der Waals surface area contributed by atoms with Gasteiger partial charge in [0.15, 0.2) is 0 Å². The van der Waals surface area contributed by atoms with Crippen molar-refractivity contribution in [3.8, 4) is 0 Å². The van der Waals surface area contributed by atoms with E-state index in [9.17, 15) is 9.59 Å². The quantitative estimate of drug-likeness (QED) is 0.914. The summed E-state index contributed by atoms with van der Waals surface area (Å²) < 4.78 is 4.88. The number of nitrogens with zero attached hydrogens (tertiary/aromatic N) is 1. The highest BCUT2D eigenvalue weighted by molar-refractivity contribution is 6.04. The van der Waals surface area contributed by atoms with Crippen LogP contribution in [0.3, 0.4) is 0 Å².